The van der Waals surface area contributed by atoms with Gasteiger partial charge in [0.05, 0.1) is 23.7 Å². The van der Waals surface area contributed by atoms with Crippen LogP contribution in [0.3, 0.4) is 0 Å². The molecular formula is C18H20N4O2Si. The van der Waals surface area contributed by atoms with Crippen molar-refractivity contribution in [2.75, 3.05) is 0 Å². The van der Waals surface area contributed by atoms with Gasteiger partial charge in [-0.15, -0.1) is 0 Å². The summed E-state index contributed by atoms with van der Waals surface area (Å²) in [5.41, 5.74) is 2.74. The molecule has 5 atom stereocenters. The highest BCUT2D eigenvalue weighted by atomic mass is 28.3. The maximum atomic E-state index is 12.8. The first-order chi connectivity index (χ1) is 11.8. The van der Waals surface area contributed by atoms with Crippen LogP contribution in [-0.4, -0.2) is 22.0 Å². The lowest BCUT2D eigenvalue weighted by Crippen LogP contribution is -2.45. The van der Waals surface area contributed by atoms with Gasteiger partial charge in [-0.25, -0.2) is 23.5 Å². The predicted octanol–water partition coefficient (Wildman–Crippen LogP) is 1.68. The van der Waals surface area contributed by atoms with E-state index in [0.717, 1.165) is 11.1 Å². The summed E-state index contributed by atoms with van der Waals surface area (Å²) >= 11 is 0. The van der Waals surface area contributed by atoms with Crippen LogP contribution in [0, 0.1) is 23.2 Å². The molecule has 0 radical (unpaired) electrons. The molecule has 128 valence electrons. The molecule has 2 aliphatic heterocycles. The van der Waals surface area contributed by atoms with E-state index in [9.17, 15) is 14.9 Å². The second kappa shape index (κ2) is 4.25. The van der Waals surface area contributed by atoms with Crippen molar-refractivity contribution in [3.63, 3.8) is 0 Å². The predicted molar refractivity (Wildman–Crippen MR) is 95.4 cm³/mol. The summed E-state index contributed by atoms with van der Waals surface area (Å²) in [6.07, 6.45) is 0. The summed E-state index contributed by atoms with van der Waals surface area (Å²) in [4.78, 5) is 25.5. The molecule has 1 aromatic carbocycles. The van der Waals surface area contributed by atoms with Crippen LogP contribution in [0.2, 0.25) is 25.2 Å². The van der Waals surface area contributed by atoms with Gasteiger partial charge in [0.25, 0.3) is 0 Å². The number of hydrogen-bond donors (Lipinski definition) is 0. The molecule has 7 heteroatoms. The first-order valence-electron chi connectivity index (χ1n) is 8.72. The molecule has 5 unspecified atom stereocenters. The number of benzene rings is 1. The van der Waals surface area contributed by atoms with Crippen LogP contribution in [0.1, 0.15) is 28.8 Å². The van der Waals surface area contributed by atoms with Crippen LogP contribution >= 0.6 is 0 Å². The standard InChI is InChI=1S/C18H20N4O2Si/c1-20-17(23)21-14-10-7-5-6-9(8-19)11(10)15(22(21)18(20)24)13-12(14)16(13)25(2,3)4/h5-7,12-16H,1-4H3. The number of rotatable bonds is 1. The molecule has 4 aliphatic rings. The molecule has 6 nitrogen and oxygen atoms in total. The molecule has 3 heterocycles. The Labute approximate surface area is 145 Å². The highest BCUT2D eigenvalue weighted by molar-refractivity contribution is 6.78. The molecule has 0 amide bonds. The van der Waals surface area contributed by atoms with Gasteiger partial charge >= 0.3 is 11.4 Å². The lowest BCUT2D eigenvalue weighted by Gasteiger charge is -2.39. The van der Waals surface area contributed by atoms with E-state index in [1.54, 1.807) is 16.4 Å². The van der Waals surface area contributed by atoms with E-state index in [2.05, 4.69) is 25.7 Å². The summed E-state index contributed by atoms with van der Waals surface area (Å²) in [5.74, 6) is 0.788. The van der Waals surface area contributed by atoms with Gasteiger partial charge < -0.3 is 0 Å². The van der Waals surface area contributed by atoms with Gasteiger partial charge in [0.1, 0.15) is 0 Å². The molecule has 2 aliphatic carbocycles. The van der Waals surface area contributed by atoms with Crippen molar-refractivity contribution in [1.29, 1.82) is 5.26 Å². The van der Waals surface area contributed by atoms with Crippen LogP contribution in [0.15, 0.2) is 27.8 Å². The first kappa shape index (κ1) is 15.0. The fraction of sp³-hybridized carbons (Fsp3) is 0.500. The van der Waals surface area contributed by atoms with Crippen LogP contribution in [-0.2, 0) is 7.05 Å². The van der Waals surface area contributed by atoms with Crippen molar-refractivity contribution < 1.29 is 0 Å². The van der Waals surface area contributed by atoms with Gasteiger partial charge in [-0.3, -0.25) is 0 Å². The summed E-state index contributed by atoms with van der Waals surface area (Å²) in [7, 11) is 0.0983. The minimum atomic E-state index is -1.44. The smallest absolute Gasteiger partial charge is 0.246 e. The largest absolute Gasteiger partial charge is 0.347 e. The molecule has 25 heavy (non-hydrogen) atoms. The Morgan fingerprint density at radius 1 is 1.04 bits per heavy atom. The van der Waals surface area contributed by atoms with Crippen molar-refractivity contribution in [3.05, 3.63) is 55.9 Å². The van der Waals surface area contributed by atoms with E-state index in [1.807, 2.05) is 18.2 Å². The molecule has 6 rings (SSSR count). The zero-order valence-electron chi connectivity index (χ0n) is 14.7. The third kappa shape index (κ3) is 1.54. The zero-order valence-corrected chi connectivity index (χ0v) is 15.7. The summed E-state index contributed by atoms with van der Waals surface area (Å²) in [6, 6.07) is 7.78. The fourth-order valence-corrected chi connectivity index (χ4v) is 8.66. The van der Waals surface area contributed by atoms with Gasteiger partial charge in [0, 0.05) is 20.7 Å². The topological polar surface area (TPSA) is 72.7 Å². The summed E-state index contributed by atoms with van der Waals surface area (Å²) in [6.45, 7) is 7.09. The van der Waals surface area contributed by atoms with Crippen LogP contribution in [0.5, 0.6) is 0 Å². The van der Waals surface area contributed by atoms with Crippen molar-refractivity contribution >= 4 is 8.07 Å². The lowest BCUT2D eigenvalue weighted by atomic mass is 9.80. The van der Waals surface area contributed by atoms with Crippen LogP contribution in [0.4, 0.5) is 0 Å². The second-order valence-corrected chi connectivity index (χ2v) is 14.1. The lowest BCUT2D eigenvalue weighted by molar-refractivity contribution is 0.223. The van der Waals surface area contributed by atoms with Gasteiger partial charge in [0.15, 0.2) is 0 Å². The van der Waals surface area contributed by atoms with Gasteiger partial charge in [-0.2, -0.15) is 5.26 Å². The van der Waals surface area contributed by atoms with Crippen LogP contribution in [0.25, 0.3) is 0 Å². The Morgan fingerprint density at radius 2 is 1.64 bits per heavy atom. The van der Waals surface area contributed by atoms with Gasteiger partial charge in [-0.05, 0) is 29.0 Å². The Bertz CT molecular complexity index is 1090. The second-order valence-electron chi connectivity index (χ2n) is 8.67. The summed E-state index contributed by atoms with van der Waals surface area (Å²) < 4.78 is 4.53. The van der Waals surface area contributed by atoms with E-state index in [0.29, 0.717) is 22.9 Å². The maximum Gasteiger partial charge on any atom is 0.347 e. The minimum absolute atomic E-state index is 0.114. The fourth-order valence-electron chi connectivity index (χ4n) is 5.66. The maximum absolute atomic E-state index is 12.8. The Kier molecular flexibility index (Phi) is 2.54. The number of aromatic nitrogens is 3. The minimum Gasteiger partial charge on any atom is -0.246 e. The molecule has 0 N–H and O–H groups in total. The van der Waals surface area contributed by atoms with Crippen molar-refractivity contribution in [3.8, 4) is 6.07 Å². The zero-order chi connectivity index (χ0) is 17.8. The van der Waals surface area contributed by atoms with Crippen LogP contribution < -0.4 is 11.4 Å². The molecular weight excluding hydrogens is 332 g/mol. The summed E-state index contributed by atoms with van der Waals surface area (Å²) in [5, 5.41) is 9.62. The Hall–Kier alpha value is -2.33. The molecule has 2 bridgehead atoms. The molecule has 1 fully saturated rings. The molecule has 2 aromatic rings. The van der Waals surface area contributed by atoms with E-state index < -0.39 is 8.07 Å². The van der Waals surface area contributed by atoms with Crippen molar-refractivity contribution in [1.82, 2.24) is 13.9 Å². The van der Waals surface area contributed by atoms with E-state index in [-0.39, 0.29) is 23.5 Å². The number of hydrogen-bond acceptors (Lipinski definition) is 3. The van der Waals surface area contributed by atoms with Gasteiger partial charge in [0.2, 0.25) is 0 Å². The quantitative estimate of drug-likeness (QED) is 0.733. The normalized spacial score (nSPS) is 31.1. The first-order valence-corrected chi connectivity index (χ1v) is 12.3. The molecule has 1 aromatic heterocycles. The third-order valence-electron chi connectivity index (χ3n) is 6.46. The number of nitrogens with zero attached hydrogens (tertiary/aromatic N) is 4. The molecule has 1 saturated carbocycles. The highest BCUT2D eigenvalue weighted by Crippen LogP contribution is 2.73. The third-order valence-corrected chi connectivity index (χ3v) is 9.23. The Morgan fingerprint density at radius 3 is 2.24 bits per heavy atom. The molecule has 0 saturated heterocycles. The van der Waals surface area contributed by atoms with Crippen molar-refractivity contribution in [2.24, 2.45) is 18.9 Å². The van der Waals surface area contributed by atoms with E-state index in [4.69, 9.17) is 0 Å². The average Bonchev–Trinajstić information content (AvgIpc) is 3.30. The highest BCUT2D eigenvalue weighted by Gasteiger charge is 2.70. The SMILES string of the molecule is Cn1c(=O)n2n(c1=O)C1c3c(C#N)cccc3C2C2C1C2[Si](C)(C)C. The van der Waals surface area contributed by atoms with E-state index >= 15 is 0 Å². The van der Waals surface area contributed by atoms with E-state index in [1.165, 1.54) is 4.57 Å². The van der Waals surface area contributed by atoms with Crippen molar-refractivity contribution in [2.45, 2.75) is 37.3 Å². The monoisotopic (exact) mass is 352 g/mol. The number of nitriles is 1. The van der Waals surface area contributed by atoms with Gasteiger partial charge in [-0.1, -0.05) is 31.8 Å². The average molecular weight is 352 g/mol. The Balaban J connectivity index is 1.87. The molecule has 0 spiro atoms.